The molecule has 6 nitrogen and oxygen atoms in total. The zero-order valence-corrected chi connectivity index (χ0v) is 13.6. The summed E-state index contributed by atoms with van der Waals surface area (Å²) >= 11 is 0. The summed E-state index contributed by atoms with van der Waals surface area (Å²) in [6, 6.07) is 6.54. The number of para-hydroxylation sites is 1. The molecule has 1 atom stereocenters. The lowest BCUT2D eigenvalue weighted by molar-refractivity contribution is -0.155. The van der Waals surface area contributed by atoms with Gasteiger partial charge in [0.25, 0.3) is 0 Å². The summed E-state index contributed by atoms with van der Waals surface area (Å²) in [5, 5.41) is 9.89. The first kappa shape index (κ1) is 17.0. The maximum absolute atomic E-state index is 12.0. The molecule has 1 aromatic heterocycles. The highest BCUT2D eigenvalue weighted by molar-refractivity contribution is 5.86. The fraction of sp³-hybridized carbons (Fsp3) is 0.412. The molecule has 2 aromatic rings. The van der Waals surface area contributed by atoms with E-state index in [4.69, 9.17) is 15.6 Å². The van der Waals surface area contributed by atoms with Crippen LogP contribution in [0.4, 0.5) is 0 Å². The van der Waals surface area contributed by atoms with Crippen molar-refractivity contribution in [1.29, 1.82) is 0 Å². The van der Waals surface area contributed by atoms with Gasteiger partial charge in [-0.15, -0.1) is 0 Å². The van der Waals surface area contributed by atoms with Gasteiger partial charge in [0, 0.05) is 23.5 Å². The van der Waals surface area contributed by atoms with E-state index in [0.29, 0.717) is 0 Å². The number of carboxylic acids is 1. The van der Waals surface area contributed by atoms with E-state index < -0.39 is 17.6 Å². The summed E-state index contributed by atoms with van der Waals surface area (Å²) in [5.74, 6) is -1.39. The topological polar surface area (TPSA) is 94.5 Å². The predicted molar refractivity (Wildman–Crippen MR) is 87.1 cm³/mol. The fourth-order valence-electron chi connectivity index (χ4n) is 2.45. The minimum absolute atomic E-state index is 0.0695. The van der Waals surface area contributed by atoms with Gasteiger partial charge in [-0.05, 0) is 32.4 Å². The number of ether oxygens (including phenoxy) is 1. The number of hydrogen-bond donors (Lipinski definition) is 2. The van der Waals surface area contributed by atoms with Crippen molar-refractivity contribution >= 4 is 22.8 Å². The van der Waals surface area contributed by atoms with Gasteiger partial charge >= 0.3 is 11.9 Å². The van der Waals surface area contributed by atoms with E-state index in [0.717, 1.165) is 16.5 Å². The molecule has 1 heterocycles. The molecule has 0 spiro atoms. The van der Waals surface area contributed by atoms with Gasteiger partial charge in [0.05, 0.1) is 0 Å². The number of benzene rings is 1. The number of rotatable bonds is 5. The minimum atomic E-state index is -1.05. The van der Waals surface area contributed by atoms with E-state index in [-0.39, 0.29) is 18.9 Å². The summed E-state index contributed by atoms with van der Waals surface area (Å²) in [6.45, 7) is 5.52. The maximum atomic E-state index is 12.0. The minimum Gasteiger partial charge on any atom is -0.480 e. The third-order valence-corrected chi connectivity index (χ3v) is 3.35. The van der Waals surface area contributed by atoms with E-state index in [9.17, 15) is 9.59 Å². The van der Waals surface area contributed by atoms with Crippen LogP contribution in [-0.2, 0) is 27.3 Å². The molecule has 0 saturated carbocycles. The molecule has 0 unspecified atom stereocenters. The van der Waals surface area contributed by atoms with Crippen molar-refractivity contribution in [2.75, 3.05) is 0 Å². The van der Waals surface area contributed by atoms with Gasteiger partial charge in [-0.1, -0.05) is 18.2 Å². The Kier molecular flexibility index (Phi) is 4.75. The molecule has 23 heavy (non-hydrogen) atoms. The Bertz CT molecular complexity index is 728. The number of carbonyl (C=O) groups excluding carboxylic acids is 1. The zero-order valence-electron chi connectivity index (χ0n) is 13.6. The lowest BCUT2D eigenvalue weighted by Crippen LogP contribution is -2.32. The normalized spacial score (nSPS) is 13.0. The Hall–Kier alpha value is -2.34. The van der Waals surface area contributed by atoms with Crippen molar-refractivity contribution in [3.8, 4) is 0 Å². The van der Waals surface area contributed by atoms with Crippen molar-refractivity contribution in [2.45, 2.75) is 45.4 Å². The summed E-state index contributed by atoms with van der Waals surface area (Å²) in [4.78, 5) is 23.0. The summed E-state index contributed by atoms with van der Waals surface area (Å²) in [5.41, 5.74) is 6.74. The molecule has 0 aliphatic carbocycles. The molecular weight excluding hydrogens is 296 g/mol. The predicted octanol–water partition coefficient (Wildman–Crippen LogP) is 1.94. The van der Waals surface area contributed by atoms with Gasteiger partial charge in [-0.25, -0.2) is 0 Å². The molecule has 3 N–H and O–H groups in total. The molecule has 0 amide bonds. The first-order valence-corrected chi connectivity index (χ1v) is 7.44. The van der Waals surface area contributed by atoms with Gasteiger partial charge in [0.2, 0.25) is 0 Å². The number of nitrogens with two attached hydrogens (primary N) is 1. The number of nitrogens with zero attached hydrogens (tertiary/aromatic N) is 1. The van der Waals surface area contributed by atoms with Crippen molar-refractivity contribution in [3.05, 3.63) is 36.0 Å². The molecule has 2 rings (SSSR count). The lowest BCUT2D eigenvalue weighted by atomic mass is 10.1. The van der Waals surface area contributed by atoms with Crippen molar-refractivity contribution in [2.24, 2.45) is 5.73 Å². The molecule has 0 fully saturated rings. The highest BCUT2D eigenvalue weighted by Gasteiger charge is 2.20. The average molecular weight is 318 g/mol. The number of hydrogen-bond acceptors (Lipinski definition) is 4. The molecule has 0 bridgehead atoms. The van der Waals surface area contributed by atoms with Crippen LogP contribution in [0.2, 0.25) is 0 Å². The van der Waals surface area contributed by atoms with Gasteiger partial charge < -0.3 is 20.1 Å². The van der Waals surface area contributed by atoms with Crippen LogP contribution in [0.15, 0.2) is 30.5 Å². The van der Waals surface area contributed by atoms with Crippen LogP contribution in [0.3, 0.4) is 0 Å². The second-order valence-electron chi connectivity index (χ2n) is 6.53. The van der Waals surface area contributed by atoms with Crippen LogP contribution in [-0.4, -0.2) is 33.3 Å². The first-order chi connectivity index (χ1) is 10.7. The van der Waals surface area contributed by atoms with E-state index in [1.165, 1.54) is 0 Å². The molecule has 6 heteroatoms. The fourth-order valence-corrected chi connectivity index (χ4v) is 2.45. The number of carbonyl (C=O) groups is 2. The number of aliphatic carboxylic acids is 1. The van der Waals surface area contributed by atoms with E-state index >= 15 is 0 Å². The lowest BCUT2D eigenvalue weighted by Gasteiger charge is -2.19. The molecular formula is C17H22N2O4. The van der Waals surface area contributed by atoms with Crippen LogP contribution >= 0.6 is 0 Å². The number of aromatic nitrogens is 1. The Morgan fingerprint density at radius 2 is 1.96 bits per heavy atom. The standard InChI is InChI=1S/C17H22N2O4/c1-17(2,3)23-15(20)10-19-9-11(8-13(18)16(21)22)12-6-4-5-7-14(12)19/h4-7,9,13H,8,10,18H2,1-3H3,(H,21,22)/t13-/m0/s1. The number of carboxylic acid groups (broad SMARTS) is 1. The number of fused-ring (bicyclic) bond motifs is 1. The highest BCUT2D eigenvalue weighted by Crippen LogP contribution is 2.23. The summed E-state index contributed by atoms with van der Waals surface area (Å²) in [7, 11) is 0. The largest absolute Gasteiger partial charge is 0.480 e. The van der Waals surface area contributed by atoms with Gasteiger partial charge in [-0.3, -0.25) is 9.59 Å². The van der Waals surface area contributed by atoms with Crippen LogP contribution in [0.1, 0.15) is 26.3 Å². The van der Waals surface area contributed by atoms with Crippen molar-refractivity contribution in [3.63, 3.8) is 0 Å². The SMILES string of the molecule is CC(C)(C)OC(=O)Cn1cc(C[C@H](N)C(=O)O)c2ccccc21. The van der Waals surface area contributed by atoms with Crippen LogP contribution in [0, 0.1) is 0 Å². The Balaban J connectivity index is 2.30. The van der Waals surface area contributed by atoms with Gasteiger partial charge in [0.15, 0.2) is 0 Å². The summed E-state index contributed by atoms with van der Waals surface area (Å²) in [6.07, 6.45) is 1.98. The van der Waals surface area contributed by atoms with Crippen molar-refractivity contribution < 1.29 is 19.4 Å². The zero-order chi connectivity index (χ0) is 17.2. The molecule has 1 aromatic carbocycles. The quantitative estimate of drug-likeness (QED) is 0.822. The maximum Gasteiger partial charge on any atom is 0.326 e. The van der Waals surface area contributed by atoms with E-state index in [2.05, 4.69) is 0 Å². The van der Waals surface area contributed by atoms with E-state index in [1.54, 1.807) is 10.8 Å². The Morgan fingerprint density at radius 3 is 2.57 bits per heavy atom. The van der Waals surface area contributed by atoms with Crippen LogP contribution in [0.5, 0.6) is 0 Å². The molecule has 124 valence electrons. The van der Waals surface area contributed by atoms with Crippen LogP contribution in [0.25, 0.3) is 10.9 Å². The molecule has 0 saturated heterocycles. The summed E-state index contributed by atoms with van der Waals surface area (Å²) < 4.78 is 7.11. The second-order valence-corrected chi connectivity index (χ2v) is 6.53. The first-order valence-electron chi connectivity index (χ1n) is 7.44. The third kappa shape index (κ3) is 4.32. The van der Waals surface area contributed by atoms with E-state index in [1.807, 2.05) is 45.0 Å². The average Bonchev–Trinajstić information content (AvgIpc) is 2.75. The Morgan fingerprint density at radius 1 is 1.30 bits per heavy atom. The molecule has 0 aliphatic heterocycles. The molecule has 0 aliphatic rings. The van der Waals surface area contributed by atoms with Crippen LogP contribution < -0.4 is 5.73 Å². The number of esters is 1. The smallest absolute Gasteiger partial charge is 0.326 e. The highest BCUT2D eigenvalue weighted by atomic mass is 16.6. The third-order valence-electron chi connectivity index (χ3n) is 3.35. The second kappa shape index (κ2) is 6.42. The molecule has 0 radical (unpaired) electrons. The van der Waals surface area contributed by atoms with Crippen molar-refractivity contribution in [1.82, 2.24) is 4.57 Å². The van der Waals surface area contributed by atoms with Gasteiger partial charge in [0.1, 0.15) is 18.2 Å². The van der Waals surface area contributed by atoms with Gasteiger partial charge in [-0.2, -0.15) is 0 Å². The Labute approximate surface area is 134 Å². The monoisotopic (exact) mass is 318 g/mol.